The van der Waals surface area contributed by atoms with Crippen molar-refractivity contribution in [2.24, 2.45) is 23.7 Å². The second kappa shape index (κ2) is 8.14. The number of hydrogen-bond acceptors (Lipinski definition) is 1. The van der Waals surface area contributed by atoms with Gasteiger partial charge in [0.25, 0.3) is 0 Å². The Hall–Kier alpha value is -0.0400. The van der Waals surface area contributed by atoms with E-state index in [1.165, 1.54) is 44.9 Å². The van der Waals surface area contributed by atoms with E-state index in [9.17, 15) is 0 Å². The Kier molecular flexibility index (Phi) is 5.64. The quantitative estimate of drug-likeness (QED) is 0.528. The molecule has 4 unspecified atom stereocenters. The second-order valence-corrected chi connectivity index (χ2v) is 10.9. The molecule has 0 aromatic carbocycles. The van der Waals surface area contributed by atoms with Gasteiger partial charge in [-0.15, -0.1) is 0 Å². The molecule has 5 fully saturated rings. The topological polar surface area (TPSA) is 3.24 Å². The number of rotatable bonds is 3. The van der Waals surface area contributed by atoms with Crippen molar-refractivity contribution in [2.45, 2.75) is 134 Å². The second-order valence-electron chi connectivity index (χ2n) is 10.9. The van der Waals surface area contributed by atoms with E-state index >= 15 is 0 Å². The van der Waals surface area contributed by atoms with Gasteiger partial charge in [0.15, 0.2) is 0 Å². The van der Waals surface area contributed by atoms with Crippen LogP contribution in [0.4, 0.5) is 0 Å². The van der Waals surface area contributed by atoms with Gasteiger partial charge in [-0.25, -0.2) is 0 Å². The first-order valence-corrected chi connectivity index (χ1v) is 12.7. The molecule has 1 aliphatic heterocycles. The maximum atomic E-state index is 3.19. The van der Waals surface area contributed by atoms with Crippen molar-refractivity contribution in [3.05, 3.63) is 0 Å². The molecule has 5 rings (SSSR count). The third-order valence-corrected chi connectivity index (χ3v) is 9.51. The van der Waals surface area contributed by atoms with Gasteiger partial charge < -0.3 is 0 Å². The summed E-state index contributed by atoms with van der Waals surface area (Å²) < 4.78 is 0. The molecule has 5 aliphatic rings. The van der Waals surface area contributed by atoms with Crippen LogP contribution in [0, 0.1) is 23.7 Å². The highest BCUT2D eigenvalue weighted by atomic mass is 15.3. The summed E-state index contributed by atoms with van der Waals surface area (Å²) >= 11 is 0. The normalized spacial score (nSPS) is 45.2. The van der Waals surface area contributed by atoms with Gasteiger partial charge in [0.05, 0.1) is 0 Å². The Labute approximate surface area is 162 Å². The highest BCUT2D eigenvalue weighted by Crippen LogP contribution is 2.51. The predicted molar refractivity (Wildman–Crippen MR) is 110 cm³/mol. The molecule has 1 heteroatoms. The van der Waals surface area contributed by atoms with Crippen LogP contribution >= 0.6 is 0 Å². The van der Waals surface area contributed by atoms with Crippen LogP contribution in [0.1, 0.15) is 116 Å². The van der Waals surface area contributed by atoms with E-state index in [1.54, 1.807) is 70.6 Å². The van der Waals surface area contributed by atoms with Crippen LogP contribution in [-0.4, -0.2) is 23.0 Å². The fraction of sp³-hybridized carbons (Fsp3) is 1.00. The molecule has 4 atom stereocenters. The van der Waals surface area contributed by atoms with E-state index in [0.717, 1.165) is 41.8 Å². The van der Waals surface area contributed by atoms with E-state index in [0.29, 0.717) is 0 Å². The van der Waals surface area contributed by atoms with E-state index in [-0.39, 0.29) is 0 Å². The van der Waals surface area contributed by atoms with Crippen LogP contribution < -0.4 is 0 Å². The molecule has 0 aromatic heterocycles. The highest BCUT2D eigenvalue weighted by molar-refractivity contribution is 5.05. The van der Waals surface area contributed by atoms with Gasteiger partial charge in [0, 0.05) is 18.1 Å². The maximum absolute atomic E-state index is 3.19. The van der Waals surface area contributed by atoms with Crippen molar-refractivity contribution < 1.29 is 0 Å². The lowest BCUT2D eigenvalue weighted by atomic mass is 9.73. The highest BCUT2D eigenvalue weighted by Gasteiger charge is 2.51. The van der Waals surface area contributed by atoms with E-state index in [2.05, 4.69) is 4.90 Å². The standard InChI is InChI=1S/C25H43N/c1-2-8-19(9-3-1)18-20-14-16-21(17-15-20)26-24-12-6-4-10-22(24)23-11-5-7-13-25(23)26/h19-25H,1-18H2. The Balaban J connectivity index is 1.21. The zero-order chi connectivity index (χ0) is 17.3. The lowest BCUT2D eigenvalue weighted by Gasteiger charge is -2.44. The largest absolute Gasteiger partial charge is 0.294 e. The Morgan fingerprint density at radius 2 is 0.962 bits per heavy atom. The van der Waals surface area contributed by atoms with E-state index in [1.807, 2.05) is 0 Å². The summed E-state index contributed by atoms with van der Waals surface area (Å²) in [4.78, 5) is 3.19. The predicted octanol–water partition coefficient (Wildman–Crippen LogP) is 6.95. The van der Waals surface area contributed by atoms with Crippen molar-refractivity contribution in [3.8, 4) is 0 Å². The minimum Gasteiger partial charge on any atom is -0.294 e. The third kappa shape index (κ3) is 3.51. The van der Waals surface area contributed by atoms with Gasteiger partial charge >= 0.3 is 0 Å². The number of nitrogens with zero attached hydrogens (tertiary/aromatic N) is 1. The van der Waals surface area contributed by atoms with Crippen molar-refractivity contribution in [2.75, 3.05) is 0 Å². The summed E-state index contributed by atoms with van der Waals surface area (Å²) in [5.41, 5.74) is 0. The molecule has 4 saturated carbocycles. The van der Waals surface area contributed by atoms with Gasteiger partial charge in [-0.05, 0) is 81.5 Å². The molecular formula is C25H43N. The molecule has 0 aromatic rings. The Bertz CT molecular complexity index is 423. The van der Waals surface area contributed by atoms with Crippen molar-refractivity contribution >= 4 is 0 Å². The monoisotopic (exact) mass is 357 g/mol. The lowest BCUT2D eigenvalue weighted by Crippen LogP contribution is -2.48. The van der Waals surface area contributed by atoms with E-state index < -0.39 is 0 Å². The molecule has 0 N–H and O–H groups in total. The Morgan fingerprint density at radius 3 is 1.58 bits per heavy atom. The third-order valence-electron chi connectivity index (χ3n) is 9.51. The van der Waals surface area contributed by atoms with Crippen LogP contribution in [0.5, 0.6) is 0 Å². The molecule has 0 radical (unpaired) electrons. The first-order chi connectivity index (χ1) is 12.9. The molecule has 1 nitrogen and oxygen atoms in total. The summed E-state index contributed by atoms with van der Waals surface area (Å²) in [5, 5.41) is 0. The minimum atomic E-state index is 0.969. The smallest absolute Gasteiger partial charge is 0.0133 e. The molecule has 148 valence electrons. The van der Waals surface area contributed by atoms with Gasteiger partial charge in [-0.2, -0.15) is 0 Å². The van der Waals surface area contributed by atoms with Crippen LogP contribution in [0.15, 0.2) is 0 Å². The fourth-order valence-electron chi connectivity index (χ4n) is 8.38. The first-order valence-electron chi connectivity index (χ1n) is 12.7. The Morgan fingerprint density at radius 1 is 0.462 bits per heavy atom. The first kappa shape index (κ1) is 18.0. The van der Waals surface area contributed by atoms with Crippen LogP contribution in [0.3, 0.4) is 0 Å². The zero-order valence-electron chi connectivity index (χ0n) is 17.2. The summed E-state index contributed by atoms with van der Waals surface area (Å²) in [7, 11) is 0. The number of hydrogen-bond donors (Lipinski definition) is 0. The molecule has 0 spiro atoms. The molecule has 0 bridgehead atoms. The van der Waals surface area contributed by atoms with Gasteiger partial charge in [-0.3, -0.25) is 4.90 Å². The van der Waals surface area contributed by atoms with Crippen molar-refractivity contribution in [1.29, 1.82) is 0 Å². The fourth-order valence-corrected chi connectivity index (χ4v) is 8.38. The summed E-state index contributed by atoms with van der Waals surface area (Å²) in [6.45, 7) is 0. The molecule has 0 amide bonds. The molecular weight excluding hydrogens is 314 g/mol. The average molecular weight is 358 g/mol. The summed E-state index contributed by atoms with van der Waals surface area (Å²) in [5.74, 6) is 4.37. The molecule has 26 heavy (non-hydrogen) atoms. The van der Waals surface area contributed by atoms with Gasteiger partial charge in [0.1, 0.15) is 0 Å². The average Bonchev–Trinajstić information content (AvgIpc) is 3.04. The zero-order valence-corrected chi connectivity index (χ0v) is 17.2. The minimum absolute atomic E-state index is 0.969. The van der Waals surface area contributed by atoms with Crippen molar-refractivity contribution in [1.82, 2.24) is 4.90 Å². The lowest BCUT2D eigenvalue weighted by molar-refractivity contribution is 0.0521. The van der Waals surface area contributed by atoms with Crippen LogP contribution in [-0.2, 0) is 0 Å². The molecule has 1 saturated heterocycles. The van der Waals surface area contributed by atoms with Crippen molar-refractivity contribution in [3.63, 3.8) is 0 Å². The molecule has 4 aliphatic carbocycles. The number of likely N-dealkylation sites (tertiary alicyclic amines) is 1. The maximum Gasteiger partial charge on any atom is 0.0133 e. The summed E-state index contributed by atoms with van der Waals surface area (Å²) in [6.07, 6.45) is 27.8. The molecule has 1 heterocycles. The number of fused-ring (bicyclic) bond motifs is 3. The van der Waals surface area contributed by atoms with Gasteiger partial charge in [0.2, 0.25) is 0 Å². The SMILES string of the molecule is C1CCC(CC2CCC(N3C4CCCCC4C4CCCCC43)CC2)CC1. The van der Waals surface area contributed by atoms with E-state index in [4.69, 9.17) is 0 Å². The van der Waals surface area contributed by atoms with Gasteiger partial charge in [-0.1, -0.05) is 57.8 Å². The van der Waals surface area contributed by atoms with Crippen LogP contribution in [0.2, 0.25) is 0 Å². The van der Waals surface area contributed by atoms with Crippen LogP contribution in [0.25, 0.3) is 0 Å². The summed E-state index contributed by atoms with van der Waals surface area (Å²) in [6, 6.07) is 2.96.